The van der Waals surface area contributed by atoms with Crippen LogP contribution in [0.4, 0.5) is 105 Å². The molecule has 0 bridgehead atoms. The normalized spacial score (nSPS) is 14.2. The van der Waals surface area contributed by atoms with E-state index >= 15 is 0 Å². The zero-order valence-corrected chi connectivity index (χ0v) is 48.7. The Balaban J connectivity index is 0.000000777. The van der Waals surface area contributed by atoms with Gasteiger partial charge in [-0.2, -0.15) is 127 Å². The predicted molar refractivity (Wildman–Crippen MR) is 279 cm³/mol. The molecule has 28 heteroatoms. The zero-order valence-electron chi connectivity index (χ0n) is 46.7. The third-order valence-corrected chi connectivity index (χ3v) is 27.1. The number of halogens is 24. The maximum atomic E-state index is 14.2. The van der Waals surface area contributed by atoms with Crippen LogP contribution in [-0.4, -0.2) is 33.5 Å². The second-order valence-corrected chi connectivity index (χ2v) is 34.6. The second kappa shape index (κ2) is 24.7. The predicted octanol–water partition coefficient (Wildman–Crippen LogP) is 19.0. The molecule has 0 fully saturated rings. The fourth-order valence-electron chi connectivity index (χ4n) is 10.4. The molecule has 0 amide bonds. The molecule has 4 aromatic carbocycles. The van der Waals surface area contributed by atoms with Crippen LogP contribution >= 0.6 is 15.6 Å². The topological polar surface area (TPSA) is 0 Å². The summed E-state index contributed by atoms with van der Waals surface area (Å²) in [5.74, 6) is 0. The Morgan fingerprint density at radius 2 is 0.407 bits per heavy atom. The Bertz CT molecular complexity index is 2230. The second-order valence-electron chi connectivity index (χ2n) is 24.1. The molecular formula is C53H64B2F24P2. The minimum atomic E-state index is -6.13. The van der Waals surface area contributed by atoms with E-state index < -0.39 is 195 Å². The van der Waals surface area contributed by atoms with Crippen molar-refractivity contribution in [3.8, 4) is 0 Å². The summed E-state index contributed by atoms with van der Waals surface area (Å²) in [4.78, 5) is 0. The molecule has 81 heavy (non-hydrogen) atoms. The van der Waals surface area contributed by atoms with Crippen LogP contribution in [0.25, 0.3) is 0 Å². The van der Waals surface area contributed by atoms with Crippen molar-refractivity contribution in [1.29, 1.82) is 0 Å². The van der Waals surface area contributed by atoms with E-state index in [-0.39, 0.29) is 22.3 Å². The Morgan fingerprint density at radius 3 is 0.494 bits per heavy atom. The van der Waals surface area contributed by atoms with E-state index in [1.807, 2.05) is 0 Å². The molecule has 0 aliphatic rings. The summed E-state index contributed by atoms with van der Waals surface area (Å²) in [7, 11) is -0.538. The number of hydrogen-bond donors (Lipinski definition) is 0. The van der Waals surface area contributed by atoms with E-state index in [1.54, 1.807) is 0 Å². The lowest BCUT2D eigenvalue weighted by molar-refractivity contribution is -0.144. The van der Waals surface area contributed by atoms with Gasteiger partial charge in [-0.15, -0.1) is 15.6 Å². The van der Waals surface area contributed by atoms with Crippen LogP contribution in [-0.2, 0) is 49.4 Å². The molecular weight excluding hydrogens is 1180 g/mol. The van der Waals surface area contributed by atoms with Crippen molar-refractivity contribution in [3.05, 3.63) is 117 Å². The summed E-state index contributed by atoms with van der Waals surface area (Å²) in [5, 5.41) is 2.20. The standard InChI is InChI=1S/C32H12BF24.C16H40BP2.C5H12/c34-25(35,36)13-1-14(26(37,38)39)6-21(5-13)33(22-7-15(27(40,41)42)2-16(8-22)28(43,44)45,23-9-17(29(46,47)48)3-18(10-23)30(49,50)51)24-11-19(31(52,53)54)4-20(12-24)32(55,56)57;1-13(2,3)18(14(4,5)6)17-19(15(7,8)9)16(10,11)12;1-3-5-4-2/h1-12H;18-19H,17H2,1-12H3;3-5H2,1-2H3/q-1;+1;. The summed E-state index contributed by atoms with van der Waals surface area (Å²) >= 11 is 0. The van der Waals surface area contributed by atoms with Crippen LogP contribution in [0.5, 0.6) is 0 Å². The quantitative estimate of drug-likeness (QED) is 0.0937. The zero-order chi connectivity index (χ0) is 63.9. The van der Waals surface area contributed by atoms with Crippen LogP contribution in [0.1, 0.15) is 161 Å². The SMILES string of the molecule is CC(C)(C)[PH+]([BH2-][PH+](C(C)(C)C)C(C)(C)C)C(C)(C)C.CCCCC.FC(F)(F)c1cc([B-](c2cc(C(F)(F)F)cc(C(F)(F)F)c2)(c2cc(C(F)(F)F)cc(C(F)(F)F)c2)c2cc(C(F)(F)F)cc(C(F)(F)F)c2)cc(C(F)(F)F)c1. The Morgan fingerprint density at radius 1 is 0.272 bits per heavy atom. The lowest BCUT2D eigenvalue weighted by Gasteiger charge is -2.46. The molecule has 4 rings (SSSR count). The van der Waals surface area contributed by atoms with Gasteiger partial charge in [0.25, 0.3) is 6.72 Å². The van der Waals surface area contributed by atoms with Gasteiger partial charge in [-0.3, -0.25) is 0 Å². The first kappa shape index (κ1) is 73.3. The fraction of sp³-hybridized carbons (Fsp3) is 0.547. The Labute approximate surface area is 458 Å². The van der Waals surface area contributed by atoms with Gasteiger partial charge in [-0.1, -0.05) is 81.6 Å². The van der Waals surface area contributed by atoms with Crippen LogP contribution in [0, 0.1) is 0 Å². The molecule has 460 valence electrons. The molecule has 0 nitrogen and oxygen atoms in total. The molecule has 0 aliphatic heterocycles. The number of rotatable bonds is 8. The first-order valence-electron chi connectivity index (χ1n) is 25.0. The van der Waals surface area contributed by atoms with E-state index in [1.165, 1.54) is 19.3 Å². The molecule has 0 saturated heterocycles. The maximum absolute atomic E-state index is 14.2. The van der Waals surface area contributed by atoms with Gasteiger partial charge in [-0.25, -0.2) is 0 Å². The monoisotopic (exact) mass is 1240 g/mol. The lowest BCUT2D eigenvalue weighted by Crippen LogP contribution is -2.75. The summed E-state index contributed by atoms with van der Waals surface area (Å²) in [6.07, 6.45) is -50.7. The smallest absolute Gasteiger partial charge is 0.194 e. The highest BCUT2D eigenvalue weighted by Gasteiger charge is 2.49. The summed E-state index contributed by atoms with van der Waals surface area (Å²) < 4.78 is 341. The minimum absolute atomic E-state index is 0.176. The van der Waals surface area contributed by atoms with E-state index in [0.717, 1.165) is 0 Å². The lowest BCUT2D eigenvalue weighted by atomic mass is 9.12. The number of hydrogen-bond acceptors (Lipinski definition) is 0. The third kappa shape index (κ3) is 19.6. The van der Waals surface area contributed by atoms with Crippen molar-refractivity contribution in [2.24, 2.45) is 0 Å². The van der Waals surface area contributed by atoms with Crippen LogP contribution in [0.15, 0.2) is 72.8 Å². The number of unbranched alkanes of at least 4 members (excludes halogenated alkanes) is 2. The van der Waals surface area contributed by atoms with Gasteiger partial charge in [0.1, 0.15) is 6.15 Å². The summed E-state index contributed by atoms with van der Waals surface area (Å²) in [6.45, 7) is 34.6. The van der Waals surface area contributed by atoms with Crippen molar-refractivity contribution in [1.82, 2.24) is 0 Å². The van der Waals surface area contributed by atoms with Gasteiger partial charge < -0.3 is 0 Å². The highest BCUT2D eigenvalue weighted by Crippen LogP contribution is 2.70. The maximum Gasteiger partial charge on any atom is 0.416 e. The molecule has 0 N–H and O–H groups in total. The minimum Gasteiger partial charge on any atom is -0.194 e. The highest BCUT2D eigenvalue weighted by molar-refractivity contribution is 8.16. The average molecular weight is 1240 g/mol. The van der Waals surface area contributed by atoms with Crippen LogP contribution in [0.2, 0.25) is 0 Å². The first-order valence-corrected chi connectivity index (χ1v) is 29.0. The summed E-state index contributed by atoms with van der Waals surface area (Å²) in [5.41, 5.74) is -30.2. The molecule has 0 radical (unpaired) electrons. The van der Waals surface area contributed by atoms with E-state index in [4.69, 9.17) is 0 Å². The Hall–Kier alpha value is -3.81. The Kier molecular flexibility index (Phi) is 22.3. The third-order valence-electron chi connectivity index (χ3n) is 14.1. The largest absolute Gasteiger partial charge is 0.416 e. The highest BCUT2D eigenvalue weighted by atomic mass is 31.2. The average Bonchev–Trinajstić information content (AvgIpc) is 3.23. The molecule has 4 aromatic rings. The molecule has 0 spiro atoms. The fourth-order valence-corrected chi connectivity index (χ4v) is 28.9. The van der Waals surface area contributed by atoms with Crippen molar-refractivity contribution in [3.63, 3.8) is 0 Å². The molecule has 0 unspecified atom stereocenters. The van der Waals surface area contributed by atoms with Crippen molar-refractivity contribution in [2.75, 3.05) is 0 Å². The van der Waals surface area contributed by atoms with E-state index in [9.17, 15) is 105 Å². The van der Waals surface area contributed by atoms with Crippen molar-refractivity contribution < 1.29 is 105 Å². The van der Waals surface area contributed by atoms with Gasteiger partial charge in [0.2, 0.25) is 0 Å². The molecule has 0 heterocycles. The van der Waals surface area contributed by atoms with Gasteiger partial charge in [-0.05, 0) is 107 Å². The first-order chi connectivity index (χ1) is 35.6. The van der Waals surface area contributed by atoms with Gasteiger partial charge in [0.05, 0.1) is 44.5 Å². The van der Waals surface area contributed by atoms with Crippen molar-refractivity contribution in [2.45, 2.75) is 186 Å². The van der Waals surface area contributed by atoms with Gasteiger partial charge in [0.15, 0.2) is 0 Å². The van der Waals surface area contributed by atoms with E-state index in [2.05, 4.69) is 96.9 Å². The van der Waals surface area contributed by atoms with Crippen molar-refractivity contribution >= 4 is 50.3 Å². The molecule has 0 saturated carbocycles. The number of benzene rings is 4. The van der Waals surface area contributed by atoms with Gasteiger partial charge in [0, 0.05) is 20.6 Å². The molecule has 0 atom stereocenters. The van der Waals surface area contributed by atoms with Crippen LogP contribution < -0.4 is 21.9 Å². The number of alkyl halides is 24. The summed E-state index contributed by atoms with van der Waals surface area (Å²) in [6, 6.07) is -8.81. The molecule has 0 aromatic heterocycles. The van der Waals surface area contributed by atoms with Crippen LogP contribution in [0.3, 0.4) is 0 Å². The molecule has 0 aliphatic carbocycles. The van der Waals surface area contributed by atoms with Gasteiger partial charge >= 0.3 is 49.4 Å². The van der Waals surface area contributed by atoms with E-state index in [0.29, 0.717) is 20.6 Å².